The maximum atomic E-state index is 12.8. The second-order valence-electron chi connectivity index (χ2n) is 18.8. The van der Waals surface area contributed by atoms with E-state index < -0.39 is 18.1 Å². The fourth-order valence-corrected chi connectivity index (χ4v) is 7.52. The van der Waals surface area contributed by atoms with Gasteiger partial charge in [0.2, 0.25) is 0 Å². The van der Waals surface area contributed by atoms with Crippen LogP contribution in [0.4, 0.5) is 0 Å². The summed E-state index contributed by atoms with van der Waals surface area (Å²) in [6.45, 7) is 4.62. The summed E-state index contributed by atoms with van der Waals surface area (Å²) in [5, 5.41) is 11.7. The van der Waals surface area contributed by atoms with Gasteiger partial charge in [0.05, 0.1) is 40.3 Å². The zero-order valence-corrected chi connectivity index (χ0v) is 42.2. The Morgan fingerprint density at radius 1 is 0.469 bits per heavy atom. The molecule has 0 rings (SSSR count). The lowest BCUT2D eigenvalue weighted by molar-refractivity contribution is -0.889. The summed E-state index contributed by atoms with van der Waals surface area (Å²) >= 11 is 0. The van der Waals surface area contributed by atoms with Gasteiger partial charge in [0.1, 0.15) is 12.6 Å². The average Bonchev–Trinajstić information content (AvgIpc) is 3.26. The van der Waals surface area contributed by atoms with Gasteiger partial charge in [-0.2, -0.15) is 0 Å². The minimum Gasteiger partial charge on any atom is -0.544 e. The lowest BCUT2D eigenvalue weighted by Gasteiger charge is -2.34. The second kappa shape index (κ2) is 46.6. The highest BCUT2D eigenvalue weighted by molar-refractivity contribution is 5.70. The predicted octanol–water partition coefficient (Wildman–Crippen LogP) is 14.0. The van der Waals surface area contributed by atoms with Crippen molar-refractivity contribution in [3.8, 4) is 0 Å². The Bertz CT molecular complexity index is 1230. The van der Waals surface area contributed by atoms with Crippen LogP contribution in [0.1, 0.15) is 226 Å². The highest BCUT2D eigenvalue weighted by atomic mass is 16.6. The van der Waals surface area contributed by atoms with Crippen molar-refractivity contribution in [2.45, 2.75) is 238 Å². The summed E-state index contributed by atoms with van der Waals surface area (Å²) in [4.78, 5) is 37.1. The van der Waals surface area contributed by atoms with Crippen LogP contribution >= 0.6 is 0 Å². The molecule has 0 bridgehead atoms. The van der Waals surface area contributed by atoms with Crippen molar-refractivity contribution in [3.05, 3.63) is 60.8 Å². The fraction of sp³-hybridized carbons (Fsp3) is 0.768. The topological polar surface area (TPSA) is 102 Å². The van der Waals surface area contributed by atoms with Gasteiger partial charge in [0.15, 0.2) is 6.10 Å². The molecule has 0 spiro atoms. The van der Waals surface area contributed by atoms with E-state index in [1.54, 1.807) is 21.1 Å². The Labute approximate surface area is 394 Å². The third-order valence-electron chi connectivity index (χ3n) is 11.6. The highest BCUT2D eigenvalue weighted by Gasteiger charge is 2.25. The maximum absolute atomic E-state index is 12.8. The SMILES string of the molecule is CCCCC/C=C\C/C=C\C/C=C\CCCCCCCCC(=O)OC(COCCC(C(=O)[O-])[N+](C)(C)C)COC(=O)CCCCCCCCCCC/C=C\C/C=C\CCCCCCC. The molecule has 8 heteroatoms. The standard InChI is InChI=1S/C56H99NO7/c1-6-8-10-12-14-16-18-20-22-24-26-27-29-30-32-34-36-38-40-42-44-46-54(58)63-51-52(50-62-49-48-53(56(60)61)57(3,4)5)64-55(59)47-45-43-41-39-37-35-33-31-28-25-23-21-19-17-15-13-11-9-7-2/h15,17-18,20-21,23-24,26,28,31,52-53H,6-14,16,19,22,25,27,29-30,32-51H2,1-5H3/b17-15-,20-18-,23-21-,26-24-,31-28-. The molecule has 0 aromatic heterocycles. The van der Waals surface area contributed by atoms with Gasteiger partial charge in [-0.15, -0.1) is 0 Å². The summed E-state index contributed by atoms with van der Waals surface area (Å²) in [6.07, 6.45) is 58.1. The molecule has 0 N–H and O–H groups in total. The minimum atomic E-state index is -1.13. The first-order valence-corrected chi connectivity index (χ1v) is 26.3. The Morgan fingerprint density at radius 3 is 1.25 bits per heavy atom. The van der Waals surface area contributed by atoms with Crippen LogP contribution in [0.25, 0.3) is 0 Å². The van der Waals surface area contributed by atoms with Gasteiger partial charge in [0.25, 0.3) is 0 Å². The number of quaternary nitrogens is 1. The molecule has 0 aliphatic carbocycles. The lowest BCUT2D eigenvalue weighted by atomic mass is 10.1. The molecule has 370 valence electrons. The number of carbonyl (C=O) groups excluding carboxylic acids is 3. The van der Waals surface area contributed by atoms with Gasteiger partial charge in [-0.05, 0) is 83.5 Å². The van der Waals surface area contributed by atoms with E-state index in [1.165, 1.54) is 122 Å². The van der Waals surface area contributed by atoms with Crippen LogP contribution in [0.3, 0.4) is 0 Å². The third-order valence-corrected chi connectivity index (χ3v) is 11.6. The second-order valence-corrected chi connectivity index (χ2v) is 18.8. The van der Waals surface area contributed by atoms with Gasteiger partial charge in [-0.3, -0.25) is 9.59 Å². The van der Waals surface area contributed by atoms with Crippen molar-refractivity contribution >= 4 is 17.9 Å². The number of esters is 2. The van der Waals surface area contributed by atoms with E-state index in [-0.39, 0.29) is 42.7 Å². The number of allylic oxidation sites excluding steroid dienone is 10. The number of aliphatic carboxylic acids is 1. The zero-order chi connectivity index (χ0) is 47.0. The van der Waals surface area contributed by atoms with Crippen LogP contribution in [0.5, 0.6) is 0 Å². The molecule has 0 aromatic rings. The van der Waals surface area contributed by atoms with Crippen LogP contribution < -0.4 is 5.11 Å². The largest absolute Gasteiger partial charge is 0.544 e. The van der Waals surface area contributed by atoms with Crippen LogP contribution in [-0.2, 0) is 28.6 Å². The predicted molar refractivity (Wildman–Crippen MR) is 268 cm³/mol. The van der Waals surface area contributed by atoms with Crippen LogP contribution in [0.2, 0.25) is 0 Å². The summed E-state index contributed by atoms with van der Waals surface area (Å²) in [5.41, 5.74) is 0. The summed E-state index contributed by atoms with van der Waals surface area (Å²) < 4.78 is 17.2. The van der Waals surface area contributed by atoms with E-state index in [4.69, 9.17) is 14.2 Å². The monoisotopic (exact) mass is 898 g/mol. The molecule has 0 saturated heterocycles. The van der Waals surface area contributed by atoms with Gasteiger partial charge in [-0.1, -0.05) is 184 Å². The number of carbonyl (C=O) groups is 3. The number of carboxylic acid groups (broad SMARTS) is 1. The first kappa shape index (κ1) is 61.0. The number of ether oxygens (including phenoxy) is 3. The minimum absolute atomic E-state index is 0.0326. The quantitative estimate of drug-likeness (QED) is 0.0259. The van der Waals surface area contributed by atoms with Gasteiger partial charge < -0.3 is 28.6 Å². The average molecular weight is 898 g/mol. The molecule has 2 atom stereocenters. The van der Waals surface area contributed by atoms with Crippen molar-refractivity contribution in [1.82, 2.24) is 0 Å². The van der Waals surface area contributed by atoms with E-state index in [2.05, 4.69) is 74.6 Å². The van der Waals surface area contributed by atoms with E-state index in [0.717, 1.165) is 70.6 Å². The number of rotatable bonds is 47. The normalized spacial score (nSPS) is 13.3. The molecular formula is C56H99NO7. The van der Waals surface area contributed by atoms with Gasteiger partial charge in [0, 0.05) is 19.3 Å². The number of hydrogen-bond acceptors (Lipinski definition) is 7. The molecule has 0 amide bonds. The molecule has 64 heavy (non-hydrogen) atoms. The number of unbranched alkanes of at least 4 members (excludes halogenated alkanes) is 23. The summed E-state index contributed by atoms with van der Waals surface area (Å²) in [6, 6.07) is -0.732. The third kappa shape index (κ3) is 44.2. The maximum Gasteiger partial charge on any atom is 0.306 e. The lowest BCUT2D eigenvalue weighted by Crippen LogP contribution is -2.55. The van der Waals surface area contributed by atoms with Crippen molar-refractivity contribution in [2.24, 2.45) is 0 Å². The van der Waals surface area contributed by atoms with Crippen LogP contribution in [0.15, 0.2) is 60.8 Å². The molecule has 8 nitrogen and oxygen atoms in total. The molecule has 0 saturated carbocycles. The molecule has 0 radical (unpaired) electrons. The van der Waals surface area contributed by atoms with E-state index in [9.17, 15) is 19.5 Å². The van der Waals surface area contributed by atoms with Crippen molar-refractivity contribution in [3.63, 3.8) is 0 Å². The number of likely N-dealkylation sites (N-methyl/N-ethyl adjacent to an activating group) is 1. The van der Waals surface area contributed by atoms with Crippen molar-refractivity contribution in [1.29, 1.82) is 0 Å². The van der Waals surface area contributed by atoms with Crippen LogP contribution in [-0.4, -0.2) is 75.5 Å². The van der Waals surface area contributed by atoms with Crippen LogP contribution in [0, 0.1) is 0 Å². The molecule has 2 unspecified atom stereocenters. The first-order valence-electron chi connectivity index (χ1n) is 26.3. The number of hydrogen-bond donors (Lipinski definition) is 0. The summed E-state index contributed by atoms with van der Waals surface area (Å²) in [7, 11) is 5.41. The summed E-state index contributed by atoms with van der Waals surface area (Å²) in [5.74, 6) is -1.75. The fourth-order valence-electron chi connectivity index (χ4n) is 7.52. The first-order chi connectivity index (χ1) is 31.1. The highest BCUT2D eigenvalue weighted by Crippen LogP contribution is 2.15. The molecule has 0 aliphatic rings. The molecule has 0 aliphatic heterocycles. The van der Waals surface area contributed by atoms with Crippen molar-refractivity contribution in [2.75, 3.05) is 41.0 Å². The Balaban J connectivity index is 4.27. The van der Waals surface area contributed by atoms with Crippen molar-refractivity contribution < 1.29 is 38.2 Å². The van der Waals surface area contributed by atoms with E-state index >= 15 is 0 Å². The zero-order valence-electron chi connectivity index (χ0n) is 42.2. The Kier molecular flexibility index (Phi) is 44.4. The molecule has 0 heterocycles. The Hall–Kier alpha value is -2.97. The number of nitrogens with zero attached hydrogens (tertiary/aromatic N) is 1. The van der Waals surface area contributed by atoms with E-state index in [1.807, 2.05) is 0 Å². The molecule has 0 aromatic carbocycles. The number of carboxylic acids is 1. The molecule has 0 fully saturated rings. The van der Waals surface area contributed by atoms with Gasteiger partial charge >= 0.3 is 11.9 Å². The van der Waals surface area contributed by atoms with E-state index in [0.29, 0.717) is 12.8 Å². The Morgan fingerprint density at radius 2 is 0.828 bits per heavy atom. The van der Waals surface area contributed by atoms with Gasteiger partial charge in [-0.25, -0.2) is 0 Å². The molecular weight excluding hydrogens is 799 g/mol. The smallest absolute Gasteiger partial charge is 0.306 e.